The molecule has 4 nitrogen and oxygen atoms in total. The number of H-pyrrole nitrogens is 1. The number of aromatic nitrogens is 1. The van der Waals surface area contributed by atoms with E-state index >= 15 is 0 Å². The van der Waals surface area contributed by atoms with Crippen molar-refractivity contribution in [2.75, 3.05) is 7.11 Å². The lowest BCUT2D eigenvalue weighted by molar-refractivity contribution is -0.121. The Balaban J connectivity index is 0.000000686. The van der Waals surface area contributed by atoms with Crippen molar-refractivity contribution >= 4 is 16.8 Å². The smallest absolute Gasteiger partial charge is 0.220 e. The first-order valence-electron chi connectivity index (χ1n) is 5.47. The third kappa shape index (κ3) is 3.07. The van der Waals surface area contributed by atoms with Gasteiger partial charge in [0.25, 0.3) is 0 Å². The minimum Gasteiger partial charge on any atom is -0.400 e. The first kappa shape index (κ1) is 13.3. The maximum atomic E-state index is 11.0. The molecule has 17 heavy (non-hydrogen) atoms. The minimum atomic E-state index is -0.250. The van der Waals surface area contributed by atoms with Gasteiger partial charge in [-0.05, 0) is 18.1 Å². The van der Waals surface area contributed by atoms with Gasteiger partial charge in [-0.3, -0.25) is 4.79 Å². The van der Waals surface area contributed by atoms with Crippen molar-refractivity contribution in [3.8, 4) is 0 Å². The Morgan fingerprint density at radius 2 is 2.06 bits per heavy atom. The Bertz CT molecular complexity index is 491. The normalized spacial score (nSPS) is 11.7. The second-order valence-corrected chi connectivity index (χ2v) is 3.87. The summed E-state index contributed by atoms with van der Waals surface area (Å²) in [5.41, 5.74) is 7.50. The van der Waals surface area contributed by atoms with E-state index in [1.54, 1.807) is 0 Å². The number of aromatic amines is 1. The number of aliphatic hydroxyl groups is 1. The molecule has 4 N–H and O–H groups in total. The van der Waals surface area contributed by atoms with Crippen LogP contribution in [0.1, 0.15) is 12.5 Å². The summed E-state index contributed by atoms with van der Waals surface area (Å²) in [5.74, 6) is -0.371. The fourth-order valence-corrected chi connectivity index (χ4v) is 1.73. The van der Waals surface area contributed by atoms with Crippen molar-refractivity contribution in [2.45, 2.75) is 13.3 Å². The van der Waals surface area contributed by atoms with E-state index in [4.69, 9.17) is 10.8 Å². The minimum absolute atomic E-state index is 0.121. The number of para-hydroxylation sites is 1. The number of nitrogens with one attached hydrogen (secondary N) is 1. The third-order valence-electron chi connectivity index (χ3n) is 2.69. The van der Waals surface area contributed by atoms with E-state index < -0.39 is 0 Å². The average Bonchev–Trinajstić information content (AvgIpc) is 2.75. The van der Waals surface area contributed by atoms with E-state index in [2.05, 4.69) is 11.1 Å². The number of hydrogen-bond donors (Lipinski definition) is 3. The number of benzene rings is 1. The van der Waals surface area contributed by atoms with E-state index in [0.717, 1.165) is 18.2 Å². The second kappa shape index (κ2) is 6.06. The summed E-state index contributed by atoms with van der Waals surface area (Å²) < 4.78 is 0. The maximum absolute atomic E-state index is 11.0. The van der Waals surface area contributed by atoms with Gasteiger partial charge >= 0.3 is 0 Å². The Morgan fingerprint density at radius 1 is 1.41 bits per heavy atom. The molecule has 1 heterocycles. The quantitative estimate of drug-likeness (QED) is 0.751. The number of carbonyl (C=O) groups is 1. The van der Waals surface area contributed by atoms with Crippen molar-refractivity contribution in [2.24, 2.45) is 11.7 Å². The van der Waals surface area contributed by atoms with Gasteiger partial charge in [-0.15, -0.1) is 0 Å². The summed E-state index contributed by atoms with van der Waals surface area (Å²) in [5, 5.41) is 8.17. The van der Waals surface area contributed by atoms with Crippen molar-refractivity contribution in [3.63, 3.8) is 0 Å². The van der Waals surface area contributed by atoms with Crippen molar-refractivity contribution in [3.05, 3.63) is 36.0 Å². The molecular formula is C13H18N2O2. The molecule has 1 aromatic carbocycles. The van der Waals surface area contributed by atoms with Gasteiger partial charge < -0.3 is 15.8 Å². The summed E-state index contributed by atoms with van der Waals surface area (Å²) in [6, 6.07) is 8.05. The molecule has 0 spiro atoms. The zero-order chi connectivity index (χ0) is 12.8. The van der Waals surface area contributed by atoms with Crippen LogP contribution < -0.4 is 5.73 Å². The van der Waals surface area contributed by atoms with Crippen LogP contribution in [0.5, 0.6) is 0 Å². The molecule has 0 aliphatic heterocycles. The average molecular weight is 234 g/mol. The monoisotopic (exact) mass is 234 g/mol. The van der Waals surface area contributed by atoms with Gasteiger partial charge in [0.1, 0.15) is 0 Å². The van der Waals surface area contributed by atoms with Crippen LogP contribution >= 0.6 is 0 Å². The lowest BCUT2D eigenvalue weighted by Crippen LogP contribution is -2.22. The molecule has 0 saturated carbocycles. The highest BCUT2D eigenvalue weighted by Gasteiger charge is 2.12. The molecule has 1 unspecified atom stereocenters. The molecule has 0 radical (unpaired) electrons. The van der Waals surface area contributed by atoms with E-state index in [-0.39, 0.29) is 11.8 Å². The molecule has 0 saturated heterocycles. The molecule has 2 aromatic rings. The van der Waals surface area contributed by atoms with Crippen LogP contribution in [0.15, 0.2) is 30.5 Å². The Hall–Kier alpha value is -1.81. The van der Waals surface area contributed by atoms with Gasteiger partial charge in [-0.25, -0.2) is 0 Å². The van der Waals surface area contributed by atoms with Gasteiger partial charge in [-0.2, -0.15) is 0 Å². The van der Waals surface area contributed by atoms with Gasteiger partial charge in [0, 0.05) is 30.1 Å². The van der Waals surface area contributed by atoms with Gasteiger partial charge in [-0.1, -0.05) is 25.1 Å². The van der Waals surface area contributed by atoms with Crippen LogP contribution in [0.25, 0.3) is 10.9 Å². The summed E-state index contributed by atoms with van der Waals surface area (Å²) >= 11 is 0. The number of rotatable bonds is 3. The highest BCUT2D eigenvalue weighted by molar-refractivity contribution is 5.84. The van der Waals surface area contributed by atoms with Crippen molar-refractivity contribution in [1.82, 2.24) is 4.98 Å². The first-order chi connectivity index (χ1) is 8.18. The molecule has 1 aromatic heterocycles. The SMILES string of the molecule is CC(Cc1c[nH]c2ccccc12)C(N)=O.CO. The predicted octanol–water partition coefficient (Wildman–Crippen LogP) is 1.44. The summed E-state index contributed by atoms with van der Waals surface area (Å²) in [4.78, 5) is 14.2. The van der Waals surface area contributed by atoms with Crippen molar-refractivity contribution in [1.29, 1.82) is 0 Å². The number of fused-ring (bicyclic) bond motifs is 1. The number of hydrogen-bond acceptors (Lipinski definition) is 2. The highest BCUT2D eigenvalue weighted by atomic mass is 16.2. The zero-order valence-corrected chi connectivity index (χ0v) is 10.1. The molecule has 0 aliphatic carbocycles. The molecule has 2 rings (SSSR count). The lowest BCUT2D eigenvalue weighted by Gasteiger charge is -2.05. The van der Waals surface area contributed by atoms with Crippen LogP contribution in [-0.2, 0) is 11.2 Å². The van der Waals surface area contributed by atoms with Crippen LogP contribution in [0.3, 0.4) is 0 Å². The highest BCUT2D eigenvalue weighted by Crippen LogP contribution is 2.20. The fraction of sp³-hybridized carbons (Fsp3) is 0.308. The second-order valence-electron chi connectivity index (χ2n) is 3.87. The molecule has 1 amide bonds. The van der Waals surface area contributed by atoms with E-state index in [9.17, 15) is 4.79 Å². The van der Waals surface area contributed by atoms with E-state index in [1.165, 1.54) is 5.39 Å². The van der Waals surface area contributed by atoms with Crippen LogP contribution in [-0.4, -0.2) is 23.1 Å². The Morgan fingerprint density at radius 3 is 2.71 bits per heavy atom. The summed E-state index contributed by atoms with van der Waals surface area (Å²) in [6.07, 6.45) is 2.64. The molecular weight excluding hydrogens is 216 g/mol. The predicted molar refractivity (Wildman–Crippen MR) is 68.5 cm³/mol. The molecule has 4 heteroatoms. The number of carbonyl (C=O) groups excluding carboxylic acids is 1. The summed E-state index contributed by atoms with van der Waals surface area (Å²) in [7, 11) is 1.00. The van der Waals surface area contributed by atoms with Gasteiger partial charge in [0.2, 0.25) is 5.91 Å². The van der Waals surface area contributed by atoms with Crippen LogP contribution in [0.2, 0.25) is 0 Å². The first-order valence-corrected chi connectivity index (χ1v) is 5.47. The lowest BCUT2D eigenvalue weighted by atomic mass is 10.0. The number of nitrogens with two attached hydrogens (primary N) is 1. The van der Waals surface area contributed by atoms with Crippen LogP contribution in [0.4, 0.5) is 0 Å². The Kier molecular flexibility index (Phi) is 4.72. The molecule has 0 fully saturated rings. The maximum Gasteiger partial charge on any atom is 0.220 e. The fourth-order valence-electron chi connectivity index (χ4n) is 1.73. The van der Waals surface area contributed by atoms with Gasteiger partial charge in [0.15, 0.2) is 0 Å². The number of amides is 1. The third-order valence-corrected chi connectivity index (χ3v) is 2.69. The van der Waals surface area contributed by atoms with Crippen molar-refractivity contribution < 1.29 is 9.90 Å². The molecule has 92 valence electrons. The Labute approximate surface area is 100 Å². The largest absolute Gasteiger partial charge is 0.400 e. The summed E-state index contributed by atoms with van der Waals surface area (Å²) in [6.45, 7) is 1.85. The molecule has 0 bridgehead atoms. The topological polar surface area (TPSA) is 79.1 Å². The standard InChI is InChI=1S/C12H14N2O.CH4O/c1-8(12(13)15)6-9-7-14-11-5-3-2-4-10(9)11;1-2/h2-5,7-8,14H,6H2,1H3,(H2,13,15);2H,1H3. The molecule has 1 atom stereocenters. The van der Waals surface area contributed by atoms with E-state index in [1.807, 2.05) is 31.3 Å². The number of primary amides is 1. The van der Waals surface area contributed by atoms with E-state index in [0.29, 0.717) is 6.42 Å². The zero-order valence-electron chi connectivity index (χ0n) is 10.1. The molecule has 0 aliphatic rings. The van der Waals surface area contributed by atoms with Crippen LogP contribution in [0, 0.1) is 5.92 Å². The van der Waals surface area contributed by atoms with Gasteiger partial charge in [0.05, 0.1) is 0 Å². The number of aliphatic hydroxyl groups excluding tert-OH is 1.